The van der Waals surface area contributed by atoms with Gasteiger partial charge < -0.3 is 15.0 Å². The molecular weight excluding hydrogens is 335 g/mol. The number of carbonyl (C=O) groups excluding carboxylic acids is 1. The summed E-state index contributed by atoms with van der Waals surface area (Å²) in [4.78, 5) is 14.2. The van der Waals surface area contributed by atoms with Crippen molar-refractivity contribution < 1.29 is 9.53 Å². The van der Waals surface area contributed by atoms with Gasteiger partial charge in [-0.05, 0) is 26.0 Å². The van der Waals surface area contributed by atoms with E-state index in [1.165, 1.54) is 0 Å². The molecule has 0 saturated carbocycles. The highest BCUT2D eigenvalue weighted by Gasteiger charge is 2.28. The van der Waals surface area contributed by atoms with E-state index in [1.807, 2.05) is 11.8 Å². The summed E-state index contributed by atoms with van der Waals surface area (Å²) in [5.41, 5.74) is 0. The maximum absolute atomic E-state index is 12.4. The minimum atomic E-state index is -0.591. The fourth-order valence-corrected chi connectivity index (χ4v) is 2.55. The van der Waals surface area contributed by atoms with Gasteiger partial charge in [-0.15, -0.1) is 12.4 Å². The number of nitrogens with zero attached hydrogens (tertiary/aromatic N) is 1. The maximum Gasteiger partial charge on any atom is 0.263 e. The number of nitrogens with one attached hydrogen (secondary N) is 1. The summed E-state index contributed by atoms with van der Waals surface area (Å²) in [5, 5.41) is 4.00. The first-order chi connectivity index (χ1) is 9.50. The van der Waals surface area contributed by atoms with E-state index in [-0.39, 0.29) is 24.4 Å². The summed E-state index contributed by atoms with van der Waals surface area (Å²) < 4.78 is 5.66. The Morgan fingerprint density at radius 2 is 2.19 bits per heavy atom. The van der Waals surface area contributed by atoms with E-state index in [0.717, 1.165) is 13.1 Å². The van der Waals surface area contributed by atoms with E-state index in [9.17, 15) is 4.79 Å². The Balaban J connectivity index is 0.00000220. The van der Waals surface area contributed by atoms with E-state index in [4.69, 9.17) is 27.9 Å². The molecule has 7 heteroatoms. The molecule has 1 fully saturated rings. The van der Waals surface area contributed by atoms with Gasteiger partial charge >= 0.3 is 0 Å². The van der Waals surface area contributed by atoms with E-state index in [2.05, 4.69) is 5.32 Å². The zero-order valence-corrected chi connectivity index (χ0v) is 14.3. The van der Waals surface area contributed by atoms with Gasteiger partial charge in [-0.25, -0.2) is 0 Å². The molecule has 0 aliphatic carbocycles. The number of piperazine rings is 1. The van der Waals surface area contributed by atoms with Crippen molar-refractivity contribution in [3.05, 3.63) is 28.2 Å². The van der Waals surface area contributed by atoms with Crippen molar-refractivity contribution in [1.82, 2.24) is 10.2 Å². The molecule has 1 N–H and O–H groups in total. The van der Waals surface area contributed by atoms with Crippen LogP contribution in [0.25, 0.3) is 0 Å². The number of hydrogen-bond donors (Lipinski definition) is 1. The van der Waals surface area contributed by atoms with Crippen molar-refractivity contribution in [2.24, 2.45) is 0 Å². The summed E-state index contributed by atoms with van der Waals surface area (Å²) in [5.74, 6) is 0.401. The molecule has 0 bridgehead atoms. The number of halogens is 3. The summed E-state index contributed by atoms with van der Waals surface area (Å²) in [6.07, 6.45) is -0.591. The maximum atomic E-state index is 12.4. The first kappa shape index (κ1) is 18.4. The van der Waals surface area contributed by atoms with Crippen LogP contribution >= 0.6 is 35.6 Å². The van der Waals surface area contributed by atoms with Gasteiger partial charge in [0.2, 0.25) is 0 Å². The van der Waals surface area contributed by atoms with E-state index in [0.29, 0.717) is 22.3 Å². The molecule has 1 aliphatic heterocycles. The first-order valence-corrected chi connectivity index (χ1v) is 7.38. The monoisotopic (exact) mass is 352 g/mol. The topological polar surface area (TPSA) is 41.6 Å². The molecule has 1 amide bonds. The Hall–Kier alpha value is -0.680. The van der Waals surface area contributed by atoms with Crippen LogP contribution in [0.4, 0.5) is 0 Å². The molecule has 21 heavy (non-hydrogen) atoms. The van der Waals surface area contributed by atoms with Crippen LogP contribution in [0.3, 0.4) is 0 Å². The van der Waals surface area contributed by atoms with Crippen LogP contribution in [-0.4, -0.2) is 42.6 Å². The standard InChI is InChI=1S/C14H18Cl2N2O2.ClH/c1-9-8-17-6-7-18(9)14(19)10(2)20-12-5-3-4-11(15)13(12)16;/h3-5,9-10,17H,6-8H2,1-2H3;1H. The van der Waals surface area contributed by atoms with Gasteiger partial charge in [-0.2, -0.15) is 0 Å². The average Bonchev–Trinajstić information content (AvgIpc) is 2.43. The molecule has 118 valence electrons. The molecule has 1 aliphatic rings. The van der Waals surface area contributed by atoms with Gasteiger partial charge in [0.05, 0.1) is 5.02 Å². The SMILES string of the molecule is CC(Oc1cccc(Cl)c1Cl)C(=O)N1CCNCC1C.Cl. The molecule has 2 atom stereocenters. The van der Waals surface area contributed by atoms with Crippen LogP contribution in [-0.2, 0) is 4.79 Å². The number of ether oxygens (including phenoxy) is 1. The molecule has 0 spiro atoms. The third kappa shape index (κ3) is 4.39. The predicted molar refractivity (Wildman–Crippen MR) is 87.8 cm³/mol. The minimum absolute atomic E-state index is 0. The van der Waals surface area contributed by atoms with Crippen molar-refractivity contribution in [3.63, 3.8) is 0 Å². The fourth-order valence-electron chi connectivity index (χ4n) is 2.22. The smallest absolute Gasteiger partial charge is 0.263 e. The van der Waals surface area contributed by atoms with Gasteiger partial charge in [-0.3, -0.25) is 4.79 Å². The highest BCUT2D eigenvalue weighted by Crippen LogP contribution is 2.32. The lowest BCUT2D eigenvalue weighted by atomic mass is 10.2. The summed E-state index contributed by atoms with van der Waals surface area (Å²) in [7, 11) is 0. The number of hydrogen-bond acceptors (Lipinski definition) is 3. The molecule has 0 aromatic heterocycles. The van der Waals surface area contributed by atoms with Crippen molar-refractivity contribution in [2.75, 3.05) is 19.6 Å². The van der Waals surface area contributed by atoms with Crippen LogP contribution in [0.1, 0.15) is 13.8 Å². The van der Waals surface area contributed by atoms with Crippen molar-refractivity contribution >= 4 is 41.5 Å². The number of amides is 1. The Labute approximate surface area is 141 Å². The number of rotatable bonds is 3. The highest BCUT2D eigenvalue weighted by molar-refractivity contribution is 6.42. The van der Waals surface area contributed by atoms with Crippen molar-refractivity contribution in [2.45, 2.75) is 26.0 Å². The summed E-state index contributed by atoms with van der Waals surface area (Å²) in [6, 6.07) is 5.30. The second kappa shape index (κ2) is 8.08. The summed E-state index contributed by atoms with van der Waals surface area (Å²) in [6.45, 7) is 6.05. The lowest BCUT2D eigenvalue weighted by Gasteiger charge is -2.35. The largest absolute Gasteiger partial charge is 0.479 e. The molecule has 1 aromatic rings. The van der Waals surface area contributed by atoms with Gasteiger partial charge in [0.25, 0.3) is 5.91 Å². The third-order valence-corrected chi connectivity index (χ3v) is 4.15. The Morgan fingerprint density at radius 1 is 1.48 bits per heavy atom. The van der Waals surface area contributed by atoms with Gasteiger partial charge in [-0.1, -0.05) is 29.3 Å². The molecule has 1 heterocycles. The van der Waals surface area contributed by atoms with Crippen LogP contribution in [0.15, 0.2) is 18.2 Å². The average molecular weight is 354 g/mol. The Morgan fingerprint density at radius 3 is 2.86 bits per heavy atom. The molecule has 2 rings (SSSR count). The lowest BCUT2D eigenvalue weighted by molar-refractivity contribution is -0.140. The van der Waals surface area contributed by atoms with Crippen LogP contribution < -0.4 is 10.1 Å². The fraction of sp³-hybridized carbons (Fsp3) is 0.500. The van der Waals surface area contributed by atoms with Gasteiger partial charge in [0, 0.05) is 25.7 Å². The van der Waals surface area contributed by atoms with E-state index >= 15 is 0 Å². The zero-order chi connectivity index (χ0) is 14.7. The minimum Gasteiger partial charge on any atom is -0.479 e. The molecule has 1 saturated heterocycles. The molecule has 0 radical (unpaired) electrons. The second-order valence-electron chi connectivity index (χ2n) is 4.90. The van der Waals surface area contributed by atoms with Crippen molar-refractivity contribution in [3.8, 4) is 5.75 Å². The molecule has 1 aromatic carbocycles. The number of carbonyl (C=O) groups is 1. The van der Waals surface area contributed by atoms with Crippen LogP contribution in [0, 0.1) is 0 Å². The van der Waals surface area contributed by atoms with Crippen LogP contribution in [0.2, 0.25) is 10.0 Å². The first-order valence-electron chi connectivity index (χ1n) is 6.62. The quantitative estimate of drug-likeness (QED) is 0.908. The van der Waals surface area contributed by atoms with Gasteiger partial charge in [0.15, 0.2) is 6.10 Å². The van der Waals surface area contributed by atoms with Crippen LogP contribution in [0.5, 0.6) is 5.75 Å². The van der Waals surface area contributed by atoms with E-state index in [1.54, 1.807) is 25.1 Å². The third-order valence-electron chi connectivity index (χ3n) is 3.35. The zero-order valence-electron chi connectivity index (χ0n) is 11.9. The van der Waals surface area contributed by atoms with Gasteiger partial charge in [0.1, 0.15) is 10.8 Å². The van der Waals surface area contributed by atoms with Crippen molar-refractivity contribution in [1.29, 1.82) is 0 Å². The highest BCUT2D eigenvalue weighted by atomic mass is 35.5. The second-order valence-corrected chi connectivity index (χ2v) is 5.68. The molecular formula is C14H19Cl3N2O2. The Kier molecular flexibility index (Phi) is 7.07. The normalized spacial score (nSPS) is 19.6. The molecule has 2 unspecified atom stereocenters. The molecule has 4 nitrogen and oxygen atoms in total. The summed E-state index contributed by atoms with van der Waals surface area (Å²) >= 11 is 12.0. The Bertz CT molecular complexity index is 499. The van der Waals surface area contributed by atoms with E-state index < -0.39 is 6.10 Å². The predicted octanol–water partition coefficient (Wildman–Crippen LogP) is 3.00. The lowest BCUT2D eigenvalue weighted by Crippen LogP contribution is -2.55. The number of benzene rings is 1.